The first kappa shape index (κ1) is 23.5. The molecule has 0 atom stereocenters. The number of carbonyl (C=O) groups is 1. The molecule has 1 saturated carbocycles. The smallest absolute Gasteiger partial charge is 0.234 e. The molecule has 2 aliphatic rings. The summed E-state index contributed by atoms with van der Waals surface area (Å²) in [5, 5.41) is 6.43. The van der Waals surface area contributed by atoms with Crippen molar-refractivity contribution < 1.29 is 9.21 Å². The van der Waals surface area contributed by atoms with E-state index in [-0.39, 0.29) is 29.9 Å². The van der Waals surface area contributed by atoms with E-state index in [2.05, 4.69) is 32.3 Å². The molecule has 2 fully saturated rings. The van der Waals surface area contributed by atoms with Gasteiger partial charge in [0.2, 0.25) is 11.8 Å². The van der Waals surface area contributed by atoms with Gasteiger partial charge < -0.3 is 20.0 Å². The number of guanidine groups is 1. The van der Waals surface area contributed by atoms with Crippen molar-refractivity contribution in [2.24, 2.45) is 4.99 Å². The van der Waals surface area contributed by atoms with Gasteiger partial charge in [-0.1, -0.05) is 18.2 Å². The number of rotatable bonds is 7. The Hall–Kier alpha value is -2.14. The molecule has 8 nitrogen and oxygen atoms in total. The van der Waals surface area contributed by atoms with Crippen LogP contribution in [-0.4, -0.2) is 72.0 Å². The highest BCUT2D eigenvalue weighted by atomic mass is 127. The SMILES string of the molecule is CCNC(=NCc1coc(-c2ccccc2)n1)N1CCN(CC(=O)NC2CC2)CC1.I. The Labute approximate surface area is 200 Å². The quantitative estimate of drug-likeness (QED) is 0.320. The van der Waals surface area contributed by atoms with Gasteiger partial charge in [0, 0.05) is 44.3 Å². The minimum atomic E-state index is 0. The number of aromatic nitrogens is 1. The zero-order valence-corrected chi connectivity index (χ0v) is 20.2. The minimum Gasteiger partial charge on any atom is -0.444 e. The van der Waals surface area contributed by atoms with Crippen LogP contribution in [0, 0.1) is 0 Å². The average molecular weight is 538 g/mol. The van der Waals surface area contributed by atoms with Crippen LogP contribution in [0.15, 0.2) is 46.0 Å². The summed E-state index contributed by atoms with van der Waals surface area (Å²) in [6, 6.07) is 10.3. The molecular formula is C22H31IN6O2. The summed E-state index contributed by atoms with van der Waals surface area (Å²) in [4.78, 5) is 25.8. The first-order chi connectivity index (χ1) is 14.7. The maximum atomic E-state index is 12.0. The lowest BCUT2D eigenvalue weighted by atomic mass is 10.2. The van der Waals surface area contributed by atoms with Gasteiger partial charge >= 0.3 is 0 Å². The molecule has 1 aromatic heterocycles. The number of halogens is 1. The highest BCUT2D eigenvalue weighted by molar-refractivity contribution is 14.0. The van der Waals surface area contributed by atoms with Crippen LogP contribution >= 0.6 is 24.0 Å². The summed E-state index contributed by atoms with van der Waals surface area (Å²) in [5.41, 5.74) is 1.76. The molecule has 1 aliphatic carbocycles. The third-order valence-corrected chi connectivity index (χ3v) is 5.28. The van der Waals surface area contributed by atoms with E-state index in [0.29, 0.717) is 25.0 Å². The zero-order chi connectivity index (χ0) is 20.8. The van der Waals surface area contributed by atoms with Crippen molar-refractivity contribution >= 4 is 35.8 Å². The number of amides is 1. The molecule has 1 aromatic carbocycles. The van der Waals surface area contributed by atoms with Gasteiger partial charge in [-0.2, -0.15) is 0 Å². The van der Waals surface area contributed by atoms with Crippen LogP contribution in [0.1, 0.15) is 25.5 Å². The van der Waals surface area contributed by atoms with Crippen molar-refractivity contribution in [3.8, 4) is 11.5 Å². The Morgan fingerprint density at radius 3 is 2.61 bits per heavy atom. The third-order valence-electron chi connectivity index (χ3n) is 5.28. The van der Waals surface area contributed by atoms with E-state index in [1.807, 2.05) is 30.3 Å². The molecule has 0 radical (unpaired) electrons. The van der Waals surface area contributed by atoms with Gasteiger partial charge in [-0.3, -0.25) is 9.69 Å². The molecule has 0 spiro atoms. The Kier molecular flexibility index (Phi) is 8.70. The van der Waals surface area contributed by atoms with E-state index in [0.717, 1.165) is 62.8 Å². The number of benzene rings is 1. The first-order valence-corrected chi connectivity index (χ1v) is 10.8. The van der Waals surface area contributed by atoms with Crippen LogP contribution in [0.3, 0.4) is 0 Å². The summed E-state index contributed by atoms with van der Waals surface area (Å²) in [6.45, 7) is 7.21. The van der Waals surface area contributed by atoms with Crippen molar-refractivity contribution in [1.82, 2.24) is 25.4 Å². The predicted molar refractivity (Wildman–Crippen MR) is 131 cm³/mol. The van der Waals surface area contributed by atoms with Crippen molar-refractivity contribution in [2.45, 2.75) is 32.4 Å². The fourth-order valence-electron chi connectivity index (χ4n) is 3.50. The topological polar surface area (TPSA) is 86.0 Å². The number of nitrogens with zero attached hydrogens (tertiary/aromatic N) is 4. The first-order valence-electron chi connectivity index (χ1n) is 10.8. The van der Waals surface area contributed by atoms with E-state index < -0.39 is 0 Å². The number of aliphatic imine (C=N–C) groups is 1. The van der Waals surface area contributed by atoms with Gasteiger partial charge in [0.25, 0.3) is 0 Å². The molecule has 31 heavy (non-hydrogen) atoms. The molecule has 2 aromatic rings. The maximum absolute atomic E-state index is 12.0. The summed E-state index contributed by atoms with van der Waals surface area (Å²) < 4.78 is 5.61. The molecule has 2 N–H and O–H groups in total. The van der Waals surface area contributed by atoms with Crippen LogP contribution in [0.5, 0.6) is 0 Å². The third kappa shape index (κ3) is 6.93. The van der Waals surface area contributed by atoms with E-state index in [4.69, 9.17) is 9.41 Å². The van der Waals surface area contributed by atoms with Gasteiger partial charge in [0.1, 0.15) is 12.0 Å². The number of carbonyl (C=O) groups excluding carboxylic acids is 1. The minimum absolute atomic E-state index is 0. The van der Waals surface area contributed by atoms with E-state index >= 15 is 0 Å². The molecular weight excluding hydrogens is 507 g/mol. The number of piperazine rings is 1. The molecule has 9 heteroatoms. The van der Waals surface area contributed by atoms with Crippen molar-refractivity contribution in [2.75, 3.05) is 39.3 Å². The van der Waals surface area contributed by atoms with Crippen LogP contribution in [-0.2, 0) is 11.3 Å². The lowest BCUT2D eigenvalue weighted by Crippen LogP contribution is -2.54. The molecule has 1 aliphatic heterocycles. The highest BCUT2D eigenvalue weighted by Crippen LogP contribution is 2.19. The second-order valence-corrected chi connectivity index (χ2v) is 7.79. The van der Waals surface area contributed by atoms with Gasteiger partial charge in [-0.05, 0) is 31.9 Å². The molecule has 168 valence electrons. The van der Waals surface area contributed by atoms with Crippen LogP contribution in [0.2, 0.25) is 0 Å². The number of oxazole rings is 1. The lowest BCUT2D eigenvalue weighted by molar-refractivity contribution is -0.122. The molecule has 2 heterocycles. The molecule has 1 saturated heterocycles. The summed E-state index contributed by atoms with van der Waals surface area (Å²) in [7, 11) is 0. The summed E-state index contributed by atoms with van der Waals surface area (Å²) in [6.07, 6.45) is 3.92. The summed E-state index contributed by atoms with van der Waals surface area (Å²) >= 11 is 0. The van der Waals surface area contributed by atoms with Crippen LogP contribution < -0.4 is 10.6 Å². The van der Waals surface area contributed by atoms with Crippen molar-refractivity contribution in [3.05, 3.63) is 42.3 Å². The van der Waals surface area contributed by atoms with Gasteiger partial charge in [0.15, 0.2) is 5.96 Å². The van der Waals surface area contributed by atoms with E-state index in [9.17, 15) is 4.79 Å². The Morgan fingerprint density at radius 1 is 1.19 bits per heavy atom. The normalized spacial score (nSPS) is 17.2. The van der Waals surface area contributed by atoms with Crippen molar-refractivity contribution in [1.29, 1.82) is 0 Å². The monoisotopic (exact) mass is 538 g/mol. The fraction of sp³-hybridized carbons (Fsp3) is 0.500. The Balaban J connectivity index is 0.00000272. The predicted octanol–water partition coefficient (Wildman–Crippen LogP) is 2.32. The average Bonchev–Trinajstić information content (AvgIpc) is 3.45. The van der Waals surface area contributed by atoms with Crippen LogP contribution in [0.4, 0.5) is 0 Å². The Bertz CT molecular complexity index is 860. The number of nitrogens with one attached hydrogen (secondary N) is 2. The largest absolute Gasteiger partial charge is 0.444 e. The summed E-state index contributed by atoms with van der Waals surface area (Å²) in [5.74, 6) is 1.64. The lowest BCUT2D eigenvalue weighted by Gasteiger charge is -2.36. The molecule has 4 rings (SSSR count). The molecule has 1 amide bonds. The maximum Gasteiger partial charge on any atom is 0.234 e. The van der Waals surface area contributed by atoms with Gasteiger partial charge in [-0.15, -0.1) is 24.0 Å². The van der Waals surface area contributed by atoms with Gasteiger partial charge in [0.05, 0.1) is 13.1 Å². The van der Waals surface area contributed by atoms with Crippen molar-refractivity contribution in [3.63, 3.8) is 0 Å². The highest BCUT2D eigenvalue weighted by Gasteiger charge is 2.26. The fourth-order valence-corrected chi connectivity index (χ4v) is 3.50. The second kappa shape index (κ2) is 11.5. The molecule has 0 unspecified atom stereocenters. The van der Waals surface area contributed by atoms with Crippen LogP contribution in [0.25, 0.3) is 11.5 Å². The number of hydrogen-bond acceptors (Lipinski definition) is 5. The van der Waals surface area contributed by atoms with Gasteiger partial charge in [-0.25, -0.2) is 9.98 Å². The zero-order valence-electron chi connectivity index (χ0n) is 17.9. The standard InChI is InChI=1S/C22H30N6O2.HI/c1-2-23-22(24-14-19-16-30-21(26-19)17-6-4-3-5-7-17)28-12-10-27(11-13-28)15-20(29)25-18-8-9-18;/h3-7,16,18H,2,8-15H2,1H3,(H,23,24)(H,25,29);1H. The Morgan fingerprint density at radius 2 is 1.94 bits per heavy atom. The second-order valence-electron chi connectivity index (χ2n) is 7.79. The van der Waals surface area contributed by atoms with E-state index in [1.54, 1.807) is 6.26 Å². The number of hydrogen-bond donors (Lipinski definition) is 2. The molecule has 0 bridgehead atoms. The van der Waals surface area contributed by atoms with E-state index in [1.165, 1.54) is 0 Å².